The second kappa shape index (κ2) is 2.88. The predicted octanol–water partition coefficient (Wildman–Crippen LogP) is -0.147. The first-order valence-electron chi connectivity index (χ1n) is 3.48. The molecule has 0 bridgehead atoms. The quantitative estimate of drug-likeness (QED) is 0.658. The molecular formula is C6H10N4O2. The lowest BCUT2D eigenvalue weighted by atomic mass is 9.89. The third kappa shape index (κ3) is 1.77. The molecule has 0 amide bonds. The Labute approximate surface area is 69.0 Å². The maximum atomic E-state index is 10.7. The highest BCUT2D eigenvalue weighted by atomic mass is 16.4. The largest absolute Gasteiger partial charge is 0.481 e. The zero-order valence-electron chi connectivity index (χ0n) is 6.90. The van der Waals surface area contributed by atoms with Crippen LogP contribution in [0.2, 0.25) is 0 Å². The van der Waals surface area contributed by atoms with Crippen molar-refractivity contribution in [3.63, 3.8) is 0 Å². The van der Waals surface area contributed by atoms with Crippen LogP contribution in [0.1, 0.15) is 19.7 Å². The molecule has 0 aromatic carbocycles. The highest BCUT2D eigenvalue weighted by Crippen LogP contribution is 2.19. The molecule has 0 aliphatic carbocycles. The first-order chi connectivity index (χ1) is 5.52. The van der Waals surface area contributed by atoms with Gasteiger partial charge in [-0.3, -0.25) is 4.79 Å². The van der Waals surface area contributed by atoms with Crippen molar-refractivity contribution in [3.8, 4) is 0 Å². The van der Waals surface area contributed by atoms with Crippen molar-refractivity contribution in [2.24, 2.45) is 5.41 Å². The van der Waals surface area contributed by atoms with Gasteiger partial charge in [-0.05, 0) is 13.8 Å². The van der Waals surface area contributed by atoms with E-state index in [1.807, 2.05) is 0 Å². The number of hydrogen-bond acceptors (Lipinski definition) is 4. The summed E-state index contributed by atoms with van der Waals surface area (Å²) in [7, 11) is 0. The van der Waals surface area contributed by atoms with E-state index in [-0.39, 0.29) is 6.42 Å². The van der Waals surface area contributed by atoms with Gasteiger partial charge in [0.25, 0.3) is 0 Å². The van der Waals surface area contributed by atoms with Crippen LogP contribution in [0.4, 0.5) is 0 Å². The molecule has 1 rings (SSSR count). The summed E-state index contributed by atoms with van der Waals surface area (Å²) in [6, 6.07) is 0. The summed E-state index contributed by atoms with van der Waals surface area (Å²) in [4.78, 5) is 10.7. The van der Waals surface area contributed by atoms with E-state index in [0.29, 0.717) is 5.82 Å². The van der Waals surface area contributed by atoms with Gasteiger partial charge in [0, 0.05) is 6.42 Å². The highest BCUT2D eigenvalue weighted by molar-refractivity contribution is 5.73. The number of tetrazole rings is 1. The number of aromatic amines is 1. The Bertz CT molecular complexity index is 267. The van der Waals surface area contributed by atoms with E-state index in [2.05, 4.69) is 20.6 Å². The van der Waals surface area contributed by atoms with Crippen LogP contribution < -0.4 is 0 Å². The fourth-order valence-electron chi connectivity index (χ4n) is 0.728. The maximum Gasteiger partial charge on any atom is 0.309 e. The molecule has 1 aromatic rings. The van der Waals surface area contributed by atoms with Gasteiger partial charge in [-0.1, -0.05) is 5.21 Å². The monoisotopic (exact) mass is 170 g/mol. The van der Waals surface area contributed by atoms with Crippen molar-refractivity contribution in [3.05, 3.63) is 5.82 Å². The number of carbonyl (C=O) groups is 1. The van der Waals surface area contributed by atoms with E-state index in [1.54, 1.807) is 13.8 Å². The van der Waals surface area contributed by atoms with E-state index in [1.165, 1.54) is 0 Å². The first kappa shape index (κ1) is 8.63. The Balaban J connectivity index is 2.69. The number of nitrogens with zero attached hydrogens (tertiary/aromatic N) is 3. The molecule has 2 N–H and O–H groups in total. The van der Waals surface area contributed by atoms with Gasteiger partial charge in [0.2, 0.25) is 0 Å². The number of aliphatic carboxylic acids is 1. The summed E-state index contributed by atoms with van der Waals surface area (Å²) in [5, 5.41) is 21.7. The van der Waals surface area contributed by atoms with E-state index in [4.69, 9.17) is 5.11 Å². The summed E-state index contributed by atoms with van der Waals surface area (Å²) >= 11 is 0. The molecule has 0 aliphatic heterocycles. The van der Waals surface area contributed by atoms with E-state index < -0.39 is 11.4 Å². The molecule has 0 unspecified atom stereocenters. The zero-order chi connectivity index (χ0) is 9.19. The van der Waals surface area contributed by atoms with Gasteiger partial charge < -0.3 is 5.11 Å². The molecule has 0 saturated heterocycles. The number of aromatic nitrogens is 4. The van der Waals surface area contributed by atoms with Crippen LogP contribution >= 0.6 is 0 Å². The average Bonchev–Trinajstić information content (AvgIpc) is 2.38. The molecular weight excluding hydrogens is 160 g/mol. The van der Waals surface area contributed by atoms with Crippen molar-refractivity contribution >= 4 is 5.97 Å². The molecule has 66 valence electrons. The Morgan fingerprint density at radius 1 is 1.67 bits per heavy atom. The molecule has 1 heterocycles. The predicted molar refractivity (Wildman–Crippen MR) is 39.3 cm³/mol. The van der Waals surface area contributed by atoms with Gasteiger partial charge in [-0.25, -0.2) is 0 Å². The molecule has 0 atom stereocenters. The van der Waals surface area contributed by atoms with Crippen LogP contribution in [0.3, 0.4) is 0 Å². The van der Waals surface area contributed by atoms with Crippen molar-refractivity contribution in [2.45, 2.75) is 20.3 Å². The minimum Gasteiger partial charge on any atom is -0.481 e. The number of hydrogen-bond donors (Lipinski definition) is 2. The highest BCUT2D eigenvalue weighted by Gasteiger charge is 2.28. The summed E-state index contributed by atoms with van der Waals surface area (Å²) < 4.78 is 0. The Morgan fingerprint density at radius 3 is 2.75 bits per heavy atom. The van der Waals surface area contributed by atoms with E-state index in [0.717, 1.165) is 0 Å². The molecule has 6 heteroatoms. The molecule has 0 spiro atoms. The first-order valence-corrected chi connectivity index (χ1v) is 3.48. The smallest absolute Gasteiger partial charge is 0.309 e. The third-order valence-corrected chi connectivity index (χ3v) is 1.57. The van der Waals surface area contributed by atoms with Gasteiger partial charge >= 0.3 is 5.97 Å². The van der Waals surface area contributed by atoms with E-state index in [9.17, 15) is 4.79 Å². The summed E-state index contributed by atoms with van der Waals surface area (Å²) in [5.74, 6) is -0.449. The SMILES string of the molecule is CC(C)(Cc1nn[nH]n1)C(=O)O. The standard InChI is InChI=1S/C6H10N4O2/c1-6(2,5(11)12)3-4-7-9-10-8-4/h3H2,1-2H3,(H,11,12)(H,7,8,9,10). The lowest BCUT2D eigenvalue weighted by Gasteiger charge is -2.15. The summed E-state index contributed by atoms with van der Waals surface area (Å²) in [6.07, 6.45) is 0.277. The molecule has 1 aromatic heterocycles. The van der Waals surface area contributed by atoms with Crippen LogP contribution in [0, 0.1) is 5.41 Å². The third-order valence-electron chi connectivity index (χ3n) is 1.57. The lowest BCUT2D eigenvalue weighted by Crippen LogP contribution is -2.26. The number of carboxylic acid groups (broad SMARTS) is 1. The van der Waals surface area contributed by atoms with Gasteiger partial charge in [-0.15, -0.1) is 10.2 Å². The topological polar surface area (TPSA) is 91.8 Å². The minimum atomic E-state index is -0.868. The summed E-state index contributed by atoms with van der Waals surface area (Å²) in [5.41, 5.74) is -0.843. The van der Waals surface area contributed by atoms with Gasteiger partial charge in [0.1, 0.15) is 0 Å². The van der Waals surface area contributed by atoms with Crippen molar-refractivity contribution < 1.29 is 9.90 Å². The molecule has 6 nitrogen and oxygen atoms in total. The molecule has 0 aliphatic rings. The van der Waals surface area contributed by atoms with Crippen LogP contribution in [-0.4, -0.2) is 31.7 Å². The van der Waals surface area contributed by atoms with Crippen LogP contribution in [0.5, 0.6) is 0 Å². The number of nitrogens with one attached hydrogen (secondary N) is 1. The maximum absolute atomic E-state index is 10.7. The second-order valence-electron chi connectivity index (χ2n) is 3.19. The fourth-order valence-corrected chi connectivity index (χ4v) is 0.728. The summed E-state index contributed by atoms with van der Waals surface area (Å²) in [6.45, 7) is 3.23. The van der Waals surface area contributed by atoms with Crippen molar-refractivity contribution in [1.29, 1.82) is 0 Å². The van der Waals surface area contributed by atoms with Crippen molar-refractivity contribution in [2.75, 3.05) is 0 Å². The fraction of sp³-hybridized carbons (Fsp3) is 0.667. The molecule has 0 fully saturated rings. The van der Waals surface area contributed by atoms with Crippen LogP contribution in [0.25, 0.3) is 0 Å². The number of H-pyrrole nitrogens is 1. The second-order valence-corrected chi connectivity index (χ2v) is 3.19. The number of carboxylic acids is 1. The van der Waals surface area contributed by atoms with Gasteiger partial charge in [-0.2, -0.15) is 5.21 Å². The zero-order valence-corrected chi connectivity index (χ0v) is 6.90. The molecule has 0 saturated carbocycles. The van der Waals surface area contributed by atoms with Crippen LogP contribution in [0.15, 0.2) is 0 Å². The van der Waals surface area contributed by atoms with Gasteiger partial charge in [0.15, 0.2) is 5.82 Å². The van der Waals surface area contributed by atoms with Gasteiger partial charge in [0.05, 0.1) is 5.41 Å². The average molecular weight is 170 g/mol. The van der Waals surface area contributed by atoms with Crippen LogP contribution in [-0.2, 0) is 11.2 Å². The Hall–Kier alpha value is -1.46. The van der Waals surface area contributed by atoms with E-state index >= 15 is 0 Å². The normalized spacial score (nSPS) is 11.5. The van der Waals surface area contributed by atoms with Crippen molar-refractivity contribution in [1.82, 2.24) is 20.6 Å². The Morgan fingerprint density at radius 2 is 2.33 bits per heavy atom. The lowest BCUT2D eigenvalue weighted by molar-refractivity contribution is -0.146. The Kier molecular flexibility index (Phi) is 2.07. The molecule has 0 radical (unpaired) electrons. The number of rotatable bonds is 3. The molecule has 12 heavy (non-hydrogen) atoms. The minimum absolute atomic E-state index is 0.277.